The average Bonchev–Trinajstić information content (AvgIpc) is 2.84. The highest BCUT2D eigenvalue weighted by atomic mass is 15.0. The molecule has 0 bridgehead atoms. The van der Waals surface area contributed by atoms with E-state index in [0.29, 0.717) is 6.04 Å². The van der Waals surface area contributed by atoms with E-state index in [1.54, 1.807) is 0 Å². The summed E-state index contributed by atoms with van der Waals surface area (Å²) in [5.74, 6) is 0.975. The fourth-order valence-corrected chi connectivity index (χ4v) is 1.85. The number of nitrogens with one attached hydrogen (secondary N) is 1. The molecule has 0 amide bonds. The van der Waals surface area contributed by atoms with Crippen molar-refractivity contribution in [3.8, 4) is 0 Å². The zero-order chi connectivity index (χ0) is 9.68. The molecule has 1 fully saturated rings. The van der Waals surface area contributed by atoms with Gasteiger partial charge in [0.1, 0.15) is 0 Å². The van der Waals surface area contributed by atoms with Crippen LogP contribution in [0.15, 0.2) is 0 Å². The fourth-order valence-electron chi connectivity index (χ4n) is 1.85. The molecule has 0 aromatic heterocycles. The molecule has 0 aliphatic heterocycles. The molecule has 0 spiro atoms. The molecular formula is C11H24N2. The van der Waals surface area contributed by atoms with Crippen molar-refractivity contribution in [3.63, 3.8) is 0 Å². The average molecular weight is 184 g/mol. The highest BCUT2D eigenvalue weighted by molar-refractivity contribution is 4.92. The summed E-state index contributed by atoms with van der Waals surface area (Å²) in [5, 5.41) is 3.58. The molecular weight excluding hydrogens is 160 g/mol. The standard InChI is InChI=1S/C11H24N2/c1-3-5-9-8-11(9)13-7-6-10(12)4-2/h9-11,13H,3-8,12H2,1-2H3. The molecule has 0 aromatic carbocycles. The van der Waals surface area contributed by atoms with E-state index in [2.05, 4.69) is 19.2 Å². The third-order valence-electron chi connectivity index (χ3n) is 3.03. The van der Waals surface area contributed by atoms with Crippen molar-refractivity contribution >= 4 is 0 Å². The van der Waals surface area contributed by atoms with Gasteiger partial charge < -0.3 is 11.1 Å². The van der Waals surface area contributed by atoms with Gasteiger partial charge in [0.25, 0.3) is 0 Å². The van der Waals surface area contributed by atoms with Crippen LogP contribution in [0.5, 0.6) is 0 Å². The van der Waals surface area contributed by atoms with Gasteiger partial charge in [-0.2, -0.15) is 0 Å². The van der Waals surface area contributed by atoms with Gasteiger partial charge in [-0.3, -0.25) is 0 Å². The van der Waals surface area contributed by atoms with Gasteiger partial charge in [-0.25, -0.2) is 0 Å². The van der Waals surface area contributed by atoms with E-state index in [9.17, 15) is 0 Å². The van der Waals surface area contributed by atoms with Crippen LogP contribution < -0.4 is 11.1 Å². The van der Waals surface area contributed by atoms with Crippen molar-refractivity contribution in [3.05, 3.63) is 0 Å². The maximum Gasteiger partial charge on any atom is 0.00991 e. The monoisotopic (exact) mass is 184 g/mol. The van der Waals surface area contributed by atoms with E-state index >= 15 is 0 Å². The van der Waals surface area contributed by atoms with Gasteiger partial charge >= 0.3 is 0 Å². The minimum atomic E-state index is 0.399. The second-order valence-electron chi connectivity index (χ2n) is 4.30. The maximum absolute atomic E-state index is 5.83. The first kappa shape index (κ1) is 11.0. The minimum absolute atomic E-state index is 0.399. The van der Waals surface area contributed by atoms with E-state index in [4.69, 9.17) is 5.73 Å². The van der Waals surface area contributed by atoms with Crippen molar-refractivity contribution in [2.45, 2.75) is 58.0 Å². The lowest BCUT2D eigenvalue weighted by Crippen LogP contribution is -2.27. The van der Waals surface area contributed by atoms with E-state index in [1.807, 2.05) is 0 Å². The molecule has 0 aromatic rings. The summed E-state index contributed by atoms with van der Waals surface area (Å²) in [7, 11) is 0. The molecule has 3 N–H and O–H groups in total. The van der Waals surface area contributed by atoms with Crippen LogP contribution in [-0.4, -0.2) is 18.6 Å². The normalized spacial score (nSPS) is 28.8. The molecule has 1 saturated carbocycles. The Morgan fingerprint density at radius 2 is 2.23 bits per heavy atom. The van der Waals surface area contributed by atoms with Crippen molar-refractivity contribution in [2.24, 2.45) is 11.7 Å². The Labute approximate surface area is 82.3 Å². The summed E-state index contributed by atoms with van der Waals surface area (Å²) in [6.45, 7) is 5.53. The molecule has 1 aliphatic rings. The van der Waals surface area contributed by atoms with Gasteiger partial charge in [-0.1, -0.05) is 20.3 Å². The zero-order valence-electron chi connectivity index (χ0n) is 9.05. The largest absolute Gasteiger partial charge is 0.328 e. The summed E-state index contributed by atoms with van der Waals surface area (Å²) in [6, 6.07) is 1.22. The van der Waals surface area contributed by atoms with Gasteiger partial charge in [-0.05, 0) is 38.1 Å². The molecule has 13 heavy (non-hydrogen) atoms. The Balaban J connectivity index is 1.91. The summed E-state index contributed by atoms with van der Waals surface area (Å²) < 4.78 is 0. The predicted molar refractivity (Wildman–Crippen MR) is 57.7 cm³/mol. The summed E-state index contributed by atoms with van der Waals surface area (Å²) >= 11 is 0. The van der Waals surface area contributed by atoms with Crippen molar-refractivity contribution in [2.75, 3.05) is 6.54 Å². The third-order valence-corrected chi connectivity index (χ3v) is 3.03. The first-order chi connectivity index (χ1) is 6.27. The van der Waals surface area contributed by atoms with Crippen molar-refractivity contribution < 1.29 is 0 Å². The van der Waals surface area contributed by atoms with E-state index in [0.717, 1.165) is 31.3 Å². The maximum atomic E-state index is 5.83. The number of nitrogens with two attached hydrogens (primary N) is 1. The lowest BCUT2D eigenvalue weighted by molar-refractivity contribution is 0.529. The van der Waals surface area contributed by atoms with E-state index in [1.165, 1.54) is 19.3 Å². The number of hydrogen-bond donors (Lipinski definition) is 2. The topological polar surface area (TPSA) is 38.0 Å². The molecule has 78 valence electrons. The molecule has 3 atom stereocenters. The van der Waals surface area contributed by atoms with Crippen LogP contribution in [0.2, 0.25) is 0 Å². The molecule has 3 unspecified atom stereocenters. The minimum Gasteiger partial charge on any atom is -0.328 e. The quantitative estimate of drug-likeness (QED) is 0.634. The first-order valence-electron chi connectivity index (χ1n) is 5.76. The van der Waals surface area contributed by atoms with Gasteiger partial charge in [0, 0.05) is 12.1 Å². The molecule has 0 radical (unpaired) electrons. The summed E-state index contributed by atoms with van der Waals surface area (Å²) in [4.78, 5) is 0. The van der Waals surface area contributed by atoms with Crippen LogP contribution in [0.25, 0.3) is 0 Å². The molecule has 2 heteroatoms. The van der Waals surface area contributed by atoms with Crippen molar-refractivity contribution in [1.82, 2.24) is 5.32 Å². The molecule has 0 heterocycles. The lowest BCUT2D eigenvalue weighted by atomic mass is 10.2. The number of rotatable bonds is 7. The summed E-state index contributed by atoms with van der Waals surface area (Å²) in [5.41, 5.74) is 5.83. The van der Waals surface area contributed by atoms with Crippen LogP contribution in [0, 0.1) is 5.92 Å². The SMILES string of the molecule is CCCC1CC1NCCC(N)CC. The second-order valence-corrected chi connectivity index (χ2v) is 4.30. The second kappa shape index (κ2) is 5.61. The van der Waals surface area contributed by atoms with Gasteiger partial charge in [0.05, 0.1) is 0 Å². The Hall–Kier alpha value is -0.0800. The number of hydrogen-bond acceptors (Lipinski definition) is 2. The molecule has 1 aliphatic carbocycles. The zero-order valence-corrected chi connectivity index (χ0v) is 9.05. The van der Waals surface area contributed by atoms with E-state index in [-0.39, 0.29) is 0 Å². The van der Waals surface area contributed by atoms with Crippen LogP contribution in [-0.2, 0) is 0 Å². The molecule has 1 rings (SSSR count). The van der Waals surface area contributed by atoms with Crippen LogP contribution in [0.4, 0.5) is 0 Å². The van der Waals surface area contributed by atoms with Gasteiger partial charge in [0.15, 0.2) is 0 Å². The lowest BCUT2D eigenvalue weighted by Gasteiger charge is -2.08. The van der Waals surface area contributed by atoms with Crippen molar-refractivity contribution in [1.29, 1.82) is 0 Å². The Bertz CT molecular complexity index is 136. The predicted octanol–water partition coefficient (Wildman–Crippen LogP) is 1.89. The highest BCUT2D eigenvalue weighted by Gasteiger charge is 2.34. The Kier molecular flexibility index (Phi) is 4.74. The van der Waals surface area contributed by atoms with E-state index < -0.39 is 0 Å². The molecule has 2 nitrogen and oxygen atoms in total. The fraction of sp³-hybridized carbons (Fsp3) is 1.00. The first-order valence-corrected chi connectivity index (χ1v) is 5.76. The van der Waals surface area contributed by atoms with Crippen LogP contribution in [0.3, 0.4) is 0 Å². The Morgan fingerprint density at radius 3 is 2.85 bits per heavy atom. The van der Waals surface area contributed by atoms with Crippen LogP contribution in [0.1, 0.15) is 46.0 Å². The summed E-state index contributed by atoms with van der Waals surface area (Å²) in [6.07, 6.45) is 6.36. The van der Waals surface area contributed by atoms with Gasteiger partial charge in [0.2, 0.25) is 0 Å². The smallest absolute Gasteiger partial charge is 0.00991 e. The van der Waals surface area contributed by atoms with Gasteiger partial charge in [-0.15, -0.1) is 0 Å². The Morgan fingerprint density at radius 1 is 1.46 bits per heavy atom. The molecule has 0 saturated heterocycles. The third kappa shape index (κ3) is 4.10. The van der Waals surface area contributed by atoms with Crippen LogP contribution >= 0.6 is 0 Å². The highest BCUT2D eigenvalue weighted by Crippen LogP contribution is 2.34.